The number of thiophene rings is 1. The second-order valence-corrected chi connectivity index (χ2v) is 9.52. The highest BCUT2D eigenvalue weighted by atomic mass is 32.2. The van der Waals surface area contributed by atoms with Crippen LogP contribution in [0.15, 0.2) is 64.9 Å². The predicted molar refractivity (Wildman–Crippen MR) is 116 cm³/mol. The van der Waals surface area contributed by atoms with Gasteiger partial charge in [-0.1, -0.05) is 60.4 Å². The Labute approximate surface area is 178 Å². The Morgan fingerprint density at radius 2 is 1.67 bits per heavy atom. The minimum atomic E-state index is -3.72. The van der Waals surface area contributed by atoms with Gasteiger partial charge in [0, 0.05) is 5.92 Å². The van der Waals surface area contributed by atoms with Crippen LogP contribution in [0.25, 0.3) is 11.1 Å². The van der Waals surface area contributed by atoms with Gasteiger partial charge < -0.3 is 10.1 Å². The van der Waals surface area contributed by atoms with E-state index < -0.39 is 16.1 Å². The Balaban J connectivity index is 1.34. The third-order valence-corrected chi connectivity index (χ3v) is 7.18. The summed E-state index contributed by atoms with van der Waals surface area (Å²) in [4.78, 5) is 12.6. The van der Waals surface area contributed by atoms with E-state index in [9.17, 15) is 13.2 Å². The van der Waals surface area contributed by atoms with E-state index in [1.807, 2.05) is 24.3 Å². The molecule has 0 saturated carbocycles. The first-order chi connectivity index (χ1) is 14.4. The average molecular weight is 439 g/mol. The van der Waals surface area contributed by atoms with Crippen LogP contribution in [0.2, 0.25) is 0 Å². The molecule has 4 rings (SSSR count). The highest BCUT2D eigenvalue weighted by molar-refractivity contribution is 7.91. The highest BCUT2D eigenvalue weighted by Crippen LogP contribution is 2.44. The largest absolute Gasteiger partial charge is 0.449 e. The lowest BCUT2D eigenvalue weighted by Gasteiger charge is -2.14. The number of primary sulfonamides is 1. The van der Waals surface area contributed by atoms with Gasteiger partial charge in [0.2, 0.25) is 10.0 Å². The van der Waals surface area contributed by atoms with Crippen LogP contribution < -0.4 is 10.5 Å². The summed E-state index contributed by atoms with van der Waals surface area (Å²) in [6.45, 7) is 0.315. The van der Waals surface area contributed by atoms with Gasteiger partial charge >= 0.3 is 6.09 Å². The molecule has 1 aliphatic carbocycles. The first kappa shape index (κ1) is 20.2. The van der Waals surface area contributed by atoms with Crippen molar-refractivity contribution in [1.29, 1.82) is 0 Å². The number of hydrogen-bond donors (Lipinski definition) is 2. The van der Waals surface area contributed by atoms with Crippen molar-refractivity contribution in [3.8, 4) is 23.0 Å². The molecule has 3 aromatic rings. The molecule has 0 aliphatic heterocycles. The molecule has 0 radical (unpaired) electrons. The van der Waals surface area contributed by atoms with Gasteiger partial charge in [0.15, 0.2) is 0 Å². The second-order valence-electron chi connectivity index (χ2n) is 6.64. The molecule has 1 amide bonds. The summed E-state index contributed by atoms with van der Waals surface area (Å²) in [6.07, 6.45) is -0.553. The maximum absolute atomic E-state index is 12.1. The number of hydrogen-bond acceptors (Lipinski definition) is 5. The van der Waals surface area contributed by atoms with Crippen molar-refractivity contribution in [2.75, 3.05) is 13.2 Å². The molecule has 30 heavy (non-hydrogen) atoms. The van der Waals surface area contributed by atoms with Crippen LogP contribution in [0.5, 0.6) is 0 Å². The van der Waals surface area contributed by atoms with Gasteiger partial charge in [-0.3, -0.25) is 0 Å². The number of benzene rings is 2. The van der Waals surface area contributed by atoms with E-state index in [4.69, 9.17) is 9.88 Å². The molecule has 0 atom stereocenters. The van der Waals surface area contributed by atoms with E-state index in [1.165, 1.54) is 17.2 Å². The first-order valence-corrected chi connectivity index (χ1v) is 11.5. The molecule has 152 valence electrons. The number of fused-ring (bicyclic) bond motifs is 3. The lowest BCUT2D eigenvalue weighted by atomic mass is 9.98. The van der Waals surface area contributed by atoms with E-state index >= 15 is 0 Å². The van der Waals surface area contributed by atoms with Gasteiger partial charge in [0.25, 0.3) is 0 Å². The van der Waals surface area contributed by atoms with Crippen molar-refractivity contribution in [2.24, 2.45) is 5.14 Å². The van der Waals surface area contributed by atoms with E-state index in [2.05, 4.69) is 41.4 Å². The van der Waals surface area contributed by atoms with Crippen LogP contribution >= 0.6 is 11.3 Å². The fraction of sp³-hybridized carbons (Fsp3) is 0.136. The highest BCUT2D eigenvalue weighted by Gasteiger charge is 2.28. The van der Waals surface area contributed by atoms with Crippen LogP contribution in [0, 0.1) is 11.8 Å². The number of carbonyl (C=O) groups excluding carboxylic acids is 1. The fourth-order valence-electron chi connectivity index (χ4n) is 3.44. The van der Waals surface area contributed by atoms with Crippen molar-refractivity contribution < 1.29 is 17.9 Å². The molecule has 3 N–H and O–H groups in total. The van der Waals surface area contributed by atoms with Gasteiger partial charge in [-0.15, -0.1) is 11.3 Å². The molecule has 2 aromatic carbocycles. The Hall–Kier alpha value is -3.12. The van der Waals surface area contributed by atoms with E-state index in [0.717, 1.165) is 22.5 Å². The SMILES string of the molecule is NS(=O)(=O)c1ccc(C#CCNC(=O)OCC2c3ccccc3-c3ccccc32)s1. The number of carbonyl (C=O) groups is 1. The zero-order valence-corrected chi connectivity index (χ0v) is 17.4. The topological polar surface area (TPSA) is 98.5 Å². The predicted octanol–water partition coefficient (Wildman–Crippen LogP) is 3.29. The van der Waals surface area contributed by atoms with Crippen molar-refractivity contribution in [2.45, 2.75) is 10.1 Å². The van der Waals surface area contributed by atoms with Gasteiger partial charge in [-0.05, 0) is 34.4 Å². The van der Waals surface area contributed by atoms with Crippen molar-refractivity contribution in [3.63, 3.8) is 0 Å². The Morgan fingerprint density at radius 1 is 1.03 bits per heavy atom. The van der Waals surface area contributed by atoms with Gasteiger partial charge in [0.05, 0.1) is 11.4 Å². The summed E-state index contributed by atoms with van der Waals surface area (Å²) in [6, 6.07) is 19.2. The average Bonchev–Trinajstić information content (AvgIpc) is 3.33. The number of amides is 1. The molecule has 8 heteroatoms. The summed E-state index contributed by atoms with van der Waals surface area (Å²) < 4.78 is 28.0. The molecular formula is C22H18N2O4S2. The molecule has 1 aromatic heterocycles. The van der Waals surface area contributed by atoms with Crippen LogP contribution in [0.4, 0.5) is 4.79 Å². The molecular weight excluding hydrogens is 420 g/mol. The first-order valence-electron chi connectivity index (χ1n) is 9.14. The molecule has 0 saturated heterocycles. The molecule has 0 bridgehead atoms. The summed E-state index contributed by atoms with van der Waals surface area (Å²) in [5, 5.41) is 7.66. The van der Waals surface area contributed by atoms with E-state index in [1.54, 1.807) is 6.07 Å². The molecule has 0 fully saturated rings. The van der Waals surface area contributed by atoms with Crippen molar-refractivity contribution >= 4 is 27.5 Å². The van der Waals surface area contributed by atoms with Crippen molar-refractivity contribution in [3.05, 3.63) is 76.7 Å². The number of nitrogens with one attached hydrogen (secondary N) is 1. The Morgan fingerprint density at radius 3 is 2.27 bits per heavy atom. The smallest absolute Gasteiger partial charge is 0.407 e. The quantitative estimate of drug-likeness (QED) is 0.611. The van der Waals surface area contributed by atoms with Gasteiger partial charge in [0.1, 0.15) is 10.8 Å². The summed E-state index contributed by atoms with van der Waals surface area (Å²) in [7, 11) is -3.72. The Kier molecular flexibility index (Phi) is 5.59. The van der Waals surface area contributed by atoms with Gasteiger partial charge in [-0.25, -0.2) is 18.4 Å². The number of nitrogens with two attached hydrogens (primary N) is 1. The normalized spacial score (nSPS) is 12.4. The summed E-state index contributed by atoms with van der Waals surface area (Å²) in [5.41, 5.74) is 4.63. The monoisotopic (exact) mass is 438 g/mol. The maximum atomic E-state index is 12.1. The number of ether oxygens (including phenoxy) is 1. The minimum Gasteiger partial charge on any atom is -0.449 e. The minimum absolute atomic E-state index is 0.00279. The lowest BCUT2D eigenvalue weighted by molar-refractivity contribution is 0.144. The molecule has 1 aliphatic rings. The summed E-state index contributed by atoms with van der Waals surface area (Å²) in [5.74, 6) is 5.56. The third-order valence-electron chi connectivity index (χ3n) is 4.74. The standard InChI is InChI=1S/C22H18N2O4S2/c23-30(26,27)21-12-11-15(29-21)6-5-13-24-22(25)28-14-20-18-9-3-1-7-16(18)17-8-2-4-10-19(17)20/h1-4,7-12,20H,13-14H2,(H,24,25)(H2,23,26,27). The molecule has 6 nitrogen and oxygen atoms in total. The van der Waals surface area contributed by atoms with Crippen molar-refractivity contribution in [1.82, 2.24) is 5.32 Å². The Bertz CT molecular complexity index is 1220. The van der Waals surface area contributed by atoms with E-state index in [-0.39, 0.29) is 23.3 Å². The lowest BCUT2D eigenvalue weighted by Crippen LogP contribution is -2.26. The van der Waals surface area contributed by atoms with Crippen LogP contribution in [0.3, 0.4) is 0 Å². The second kappa shape index (κ2) is 8.32. The number of alkyl carbamates (subject to hydrolysis) is 1. The third kappa shape index (κ3) is 4.24. The maximum Gasteiger partial charge on any atom is 0.407 e. The van der Waals surface area contributed by atoms with Gasteiger partial charge in [-0.2, -0.15) is 0 Å². The van der Waals surface area contributed by atoms with Crippen LogP contribution in [0.1, 0.15) is 21.9 Å². The molecule has 0 spiro atoms. The van der Waals surface area contributed by atoms with E-state index in [0.29, 0.717) is 4.88 Å². The van der Waals surface area contributed by atoms with Crippen LogP contribution in [-0.2, 0) is 14.8 Å². The number of sulfonamides is 1. The number of rotatable bonds is 4. The summed E-state index contributed by atoms with van der Waals surface area (Å²) >= 11 is 0.982. The zero-order chi connectivity index (χ0) is 21.1. The zero-order valence-electron chi connectivity index (χ0n) is 15.8. The molecule has 0 unspecified atom stereocenters. The molecule has 1 heterocycles. The van der Waals surface area contributed by atoms with Crippen LogP contribution in [-0.4, -0.2) is 27.7 Å². The fourth-order valence-corrected chi connectivity index (χ4v) is 5.04.